The van der Waals surface area contributed by atoms with Crippen molar-refractivity contribution in [1.29, 1.82) is 31.6 Å². The lowest BCUT2D eigenvalue weighted by Crippen LogP contribution is -2.05. The molecule has 306 valence electrons. The predicted molar refractivity (Wildman–Crippen MR) is 255 cm³/mol. The molecule has 10 nitrogen and oxygen atoms in total. The Bertz CT molecular complexity index is 3820. The largest absolute Gasteiger partial charge is 0.308 e. The van der Waals surface area contributed by atoms with Crippen molar-refractivity contribution in [2.75, 3.05) is 0 Å². The number of nitriles is 6. The third kappa shape index (κ3) is 7.40. The van der Waals surface area contributed by atoms with Crippen molar-refractivity contribution in [2.45, 2.75) is 0 Å². The molecule has 0 aliphatic carbocycles. The summed E-state index contributed by atoms with van der Waals surface area (Å²) in [6.45, 7) is 0. The molecule has 0 bridgehead atoms. The third-order valence-corrected chi connectivity index (χ3v) is 11.5. The molecule has 0 radical (unpaired) electrons. The maximum Gasteiger partial charge on any atom is 0.164 e. The van der Waals surface area contributed by atoms with Crippen molar-refractivity contribution in [3.63, 3.8) is 0 Å². The minimum absolute atomic E-state index is 0.261. The van der Waals surface area contributed by atoms with Crippen LogP contribution in [0.15, 0.2) is 170 Å². The lowest BCUT2D eigenvalue weighted by atomic mass is 9.89. The van der Waals surface area contributed by atoms with Gasteiger partial charge in [0.2, 0.25) is 0 Å². The molecule has 0 N–H and O–H groups in total. The Hall–Kier alpha value is -10.5. The van der Waals surface area contributed by atoms with E-state index in [1.807, 2.05) is 115 Å². The molecular formula is C57H28N10. The summed E-state index contributed by atoms with van der Waals surface area (Å²) in [5, 5.41) is 63.1. The first-order valence-electron chi connectivity index (χ1n) is 20.8. The Morgan fingerprint density at radius 1 is 0.313 bits per heavy atom. The number of nitrogens with zero attached hydrogens (tertiary/aromatic N) is 10. The zero-order valence-corrected chi connectivity index (χ0v) is 35.1. The van der Waals surface area contributed by atoms with Gasteiger partial charge in [-0.1, -0.05) is 84.9 Å². The predicted octanol–water partition coefficient (Wildman–Crippen LogP) is 12.2. The molecule has 0 aliphatic heterocycles. The summed E-state index contributed by atoms with van der Waals surface area (Å²) in [6.07, 6.45) is 0. The molecule has 0 atom stereocenters. The quantitative estimate of drug-likeness (QED) is 0.150. The van der Waals surface area contributed by atoms with Crippen LogP contribution in [0.3, 0.4) is 0 Å². The molecule has 0 saturated carbocycles. The van der Waals surface area contributed by atoms with Gasteiger partial charge in [0.1, 0.15) is 0 Å². The zero-order valence-electron chi connectivity index (χ0n) is 35.1. The first kappa shape index (κ1) is 40.6. The van der Waals surface area contributed by atoms with Gasteiger partial charge in [0.15, 0.2) is 17.5 Å². The number of aromatic nitrogens is 4. The van der Waals surface area contributed by atoms with Gasteiger partial charge in [0, 0.05) is 44.2 Å². The summed E-state index contributed by atoms with van der Waals surface area (Å²) in [7, 11) is 0. The van der Waals surface area contributed by atoms with Crippen LogP contribution in [0.25, 0.3) is 95.0 Å². The van der Waals surface area contributed by atoms with Crippen LogP contribution in [-0.4, -0.2) is 19.5 Å². The molecule has 10 heteroatoms. The minimum Gasteiger partial charge on any atom is -0.308 e. The topological polar surface area (TPSA) is 186 Å². The number of para-hydroxylation sites is 1. The van der Waals surface area contributed by atoms with E-state index in [1.165, 1.54) is 6.07 Å². The summed E-state index contributed by atoms with van der Waals surface area (Å²) in [4.78, 5) is 15.1. The summed E-state index contributed by atoms with van der Waals surface area (Å²) in [5.74, 6) is 1.18. The Kier molecular flexibility index (Phi) is 10.3. The normalized spacial score (nSPS) is 10.6. The molecule has 2 heterocycles. The van der Waals surface area contributed by atoms with Crippen molar-refractivity contribution in [1.82, 2.24) is 19.5 Å². The van der Waals surface area contributed by atoms with Crippen molar-refractivity contribution < 1.29 is 0 Å². The lowest BCUT2D eigenvalue weighted by Gasteiger charge is -2.22. The van der Waals surface area contributed by atoms with E-state index in [2.05, 4.69) is 41.0 Å². The first-order chi connectivity index (χ1) is 32.9. The van der Waals surface area contributed by atoms with Crippen LogP contribution in [0.2, 0.25) is 0 Å². The SMILES string of the molecule is N#Cc1cc(C#N)cc(-c2ccc3c(c2)c2ccccc2n3-c2c(-c3cc(C#N)cc(C#N)c3)cc(-c3nc(-c4ccccc4)nc(-c4ccccc4)n3)cc2-c2cc(C#N)ccc2C#N)c1. The average molecular weight is 853 g/mol. The molecule has 0 saturated heterocycles. The molecule has 0 spiro atoms. The number of fused-ring (bicyclic) bond motifs is 3. The number of hydrogen-bond acceptors (Lipinski definition) is 9. The molecule has 10 aromatic rings. The highest BCUT2D eigenvalue weighted by molar-refractivity contribution is 6.12. The lowest BCUT2D eigenvalue weighted by molar-refractivity contribution is 1.07. The van der Waals surface area contributed by atoms with Crippen LogP contribution in [-0.2, 0) is 0 Å². The third-order valence-electron chi connectivity index (χ3n) is 11.5. The number of hydrogen-bond donors (Lipinski definition) is 0. The number of benzene rings is 8. The van der Waals surface area contributed by atoms with Crippen molar-refractivity contribution in [3.8, 4) is 110 Å². The molecule has 67 heavy (non-hydrogen) atoms. The van der Waals surface area contributed by atoms with Crippen LogP contribution >= 0.6 is 0 Å². The van der Waals surface area contributed by atoms with E-state index in [1.54, 1.807) is 48.5 Å². The Balaban J connectivity index is 1.37. The first-order valence-corrected chi connectivity index (χ1v) is 20.8. The zero-order chi connectivity index (χ0) is 46.0. The fourth-order valence-corrected chi connectivity index (χ4v) is 8.53. The maximum atomic E-state index is 10.8. The van der Waals surface area contributed by atoms with E-state index >= 15 is 0 Å². The van der Waals surface area contributed by atoms with E-state index in [0.717, 1.165) is 38.5 Å². The molecule has 0 amide bonds. The Labute approximate surface area is 384 Å². The van der Waals surface area contributed by atoms with E-state index in [9.17, 15) is 31.6 Å². The van der Waals surface area contributed by atoms with Crippen LogP contribution in [0.4, 0.5) is 0 Å². The smallest absolute Gasteiger partial charge is 0.164 e. The molecule has 8 aromatic carbocycles. The molecule has 0 fully saturated rings. The highest BCUT2D eigenvalue weighted by Gasteiger charge is 2.25. The standard InChI is InChI=1S/C57H28N10/c58-29-35-15-16-43(34-63)48(25-35)51-28-46(57-65-55(40-9-3-1-4-10-40)64-56(66-57)41-11-5-2-6-12-41)27-49(45-23-38(32-61)20-39(24-45)33-62)54(51)67-52-14-8-7-13-47(52)50-26-42(17-18-53(50)67)44-21-36(30-59)19-37(22-44)31-60/h1-28H. The highest BCUT2D eigenvalue weighted by atomic mass is 15.0. The summed E-state index contributed by atoms with van der Waals surface area (Å²) >= 11 is 0. The van der Waals surface area contributed by atoms with E-state index < -0.39 is 0 Å². The van der Waals surface area contributed by atoms with Crippen molar-refractivity contribution >= 4 is 21.8 Å². The van der Waals surface area contributed by atoms with Gasteiger partial charge in [-0.25, -0.2) is 15.0 Å². The van der Waals surface area contributed by atoms with E-state index in [-0.39, 0.29) is 11.1 Å². The molecule has 0 unspecified atom stereocenters. The van der Waals surface area contributed by atoms with Gasteiger partial charge in [-0.15, -0.1) is 0 Å². The van der Waals surface area contributed by atoms with E-state index in [4.69, 9.17) is 15.0 Å². The van der Waals surface area contributed by atoms with Crippen molar-refractivity contribution in [3.05, 3.63) is 203 Å². The molecule has 10 rings (SSSR count). The Morgan fingerprint density at radius 3 is 1.39 bits per heavy atom. The summed E-state index contributed by atoms with van der Waals surface area (Å²) in [6, 6.07) is 65.2. The fraction of sp³-hybridized carbons (Fsp3) is 0. The number of rotatable bonds is 7. The van der Waals surface area contributed by atoms with Gasteiger partial charge >= 0.3 is 0 Å². The van der Waals surface area contributed by atoms with Gasteiger partial charge in [-0.05, 0) is 102 Å². The van der Waals surface area contributed by atoms with Crippen LogP contribution in [0.1, 0.15) is 33.4 Å². The second-order valence-corrected chi connectivity index (χ2v) is 15.6. The van der Waals surface area contributed by atoms with Crippen LogP contribution < -0.4 is 0 Å². The second kappa shape index (κ2) is 17.0. The fourth-order valence-electron chi connectivity index (χ4n) is 8.53. The van der Waals surface area contributed by atoms with Gasteiger partial charge < -0.3 is 4.57 Å². The Morgan fingerprint density at radius 2 is 0.821 bits per heavy atom. The molecule has 0 aliphatic rings. The average Bonchev–Trinajstić information content (AvgIpc) is 3.73. The van der Waals surface area contributed by atoms with Gasteiger partial charge in [-0.2, -0.15) is 31.6 Å². The van der Waals surface area contributed by atoms with Crippen molar-refractivity contribution in [2.24, 2.45) is 0 Å². The highest BCUT2D eigenvalue weighted by Crippen LogP contribution is 2.45. The molecular weight excluding hydrogens is 825 g/mol. The monoisotopic (exact) mass is 852 g/mol. The summed E-state index contributed by atoms with van der Waals surface area (Å²) in [5.41, 5.74) is 9.66. The molecule has 2 aromatic heterocycles. The van der Waals surface area contributed by atoms with Gasteiger partial charge in [0.25, 0.3) is 0 Å². The van der Waals surface area contributed by atoms with Gasteiger partial charge in [0.05, 0.1) is 86.5 Å². The van der Waals surface area contributed by atoms with E-state index in [0.29, 0.717) is 78.8 Å². The van der Waals surface area contributed by atoms with Crippen LogP contribution in [0.5, 0.6) is 0 Å². The minimum atomic E-state index is 0.261. The van der Waals surface area contributed by atoms with Gasteiger partial charge in [-0.3, -0.25) is 0 Å². The van der Waals surface area contributed by atoms with Crippen LogP contribution in [0, 0.1) is 68.0 Å². The summed E-state index contributed by atoms with van der Waals surface area (Å²) < 4.78 is 2.10. The second-order valence-electron chi connectivity index (χ2n) is 15.6. The maximum absolute atomic E-state index is 10.8.